The lowest BCUT2D eigenvalue weighted by Crippen LogP contribution is -2.39. The molecule has 3 N–H and O–H groups in total. The molecule has 1 fully saturated rings. The van der Waals surface area contributed by atoms with Crippen LogP contribution in [0.15, 0.2) is 89.5 Å². The van der Waals surface area contributed by atoms with Crippen LogP contribution >= 0.6 is 0 Å². The largest absolute Gasteiger partial charge is 0.495 e. The van der Waals surface area contributed by atoms with Gasteiger partial charge in [0, 0.05) is 25.6 Å². The zero-order valence-corrected chi connectivity index (χ0v) is 30.4. The van der Waals surface area contributed by atoms with Crippen molar-refractivity contribution < 1.29 is 27.9 Å². The first-order valence-corrected chi connectivity index (χ1v) is 17.7. The van der Waals surface area contributed by atoms with Crippen LogP contribution in [0.5, 0.6) is 0 Å². The van der Waals surface area contributed by atoms with Crippen molar-refractivity contribution >= 4 is 21.7 Å². The SMILES string of the molecule is C/C=C\CC.C=C.CC.CC/C=C(\NCC)N/C(C)=C(/C=C(\C)CC(=O)N1CCCC1CS(=O)(=O)c1cccc(C(=O)O)c1)OC. The average Bonchev–Trinajstić information content (AvgIpc) is 3.50. The van der Waals surface area contributed by atoms with Gasteiger partial charge >= 0.3 is 5.97 Å². The molecule has 1 aromatic rings. The van der Waals surface area contributed by atoms with Gasteiger partial charge in [-0.1, -0.05) is 51.5 Å². The summed E-state index contributed by atoms with van der Waals surface area (Å²) in [7, 11) is -2.20. The van der Waals surface area contributed by atoms with Crippen molar-refractivity contribution in [1.29, 1.82) is 0 Å². The number of amides is 1. The molecule has 9 nitrogen and oxygen atoms in total. The Morgan fingerprint density at radius 3 is 2.28 bits per heavy atom. The summed E-state index contributed by atoms with van der Waals surface area (Å²) < 4.78 is 31.6. The Bertz CT molecular complexity index is 1280. The number of carboxylic acids is 1. The van der Waals surface area contributed by atoms with Crippen molar-refractivity contribution in [2.24, 2.45) is 0 Å². The van der Waals surface area contributed by atoms with E-state index in [0.29, 0.717) is 25.1 Å². The van der Waals surface area contributed by atoms with Crippen LogP contribution in [0.2, 0.25) is 0 Å². The highest BCUT2D eigenvalue weighted by Gasteiger charge is 2.33. The van der Waals surface area contributed by atoms with Crippen molar-refractivity contribution in [2.75, 3.05) is 26.0 Å². The van der Waals surface area contributed by atoms with E-state index in [2.05, 4.69) is 49.8 Å². The molecule has 0 bridgehead atoms. The van der Waals surface area contributed by atoms with Gasteiger partial charge in [0.25, 0.3) is 0 Å². The number of nitrogens with one attached hydrogen (secondary N) is 2. The molecular weight excluding hydrogens is 602 g/mol. The van der Waals surface area contributed by atoms with E-state index in [-0.39, 0.29) is 28.5 Å². The summed E-state index contributed by atoms with van der Waals surface area (Å²) >= 11 is 0. The number of methoxy groups -OCH3 is 1. The van der Waals surface area contributed by atoms with Crippen molar-refractivity contribution in [1.82, 2.24) is 15.5 Å². The lowest BCUT2D eigenvalue weighted by molar-refractivity contribution is -0.130. The van der Waals surface area contributed by atoms with Crippen LogP contribution < -0.4 is 10.6 Å². The van der Waals surface area contributed by atoms with E-state index in [1.807, 2.05) is 53.7 Å². The smallest absolute Gasteiger partial charge is 0.335 e. The van der Waals surface area contributed by atoms with Crippen molar-refractivity contribution in [2.45, 2.75) is 98.4 Å². The number of nitrogens with zero attached hydrogens (tertiary/aromatic N) is 1. The van der Waals surface area contributed by atoms with Crippen LogP contribution in [0.1, 0.15) is 97.9 Å². The highest BCUT2D eigenvalue weighted by molar-refractivity contribution is 7.91. The molecule has 1 unspecified atom stereocenters. The minimum Gasteiger partial charge on any atom is -0.495 e. The molecule has 260 valence electrons. The number of hydrogen-bond acceptors (Lipinski definition) is 7. The Morgan fingerprint density at radius 2 is 1.78 bits per heavy atom. The summed E-state index contributed by atoms with van der Waals surface area (Å²) in [5, 5.41) is 15.8. The van der Waals surface area contributed by atoms with E-state index < -0.39 is 21.8 Å². The van der Waals surface area contributed by atoms with Crippen molar-refractivity contribution in [3.63, 3.8) is 0 Å². The number of carbonyl (C=O) groups excluding carboxylic acids is 1. The predicted octanol–water partition coefficient (Wildman–Crippen LogP) is 7.62. The van der Waals surface area contributed by atoms with Gasteiger partial charge < -0.3 is 25.4 Å². The molecule has 1 heterocycles. The molecule has 0 aromatic heterocycles. The normalized spacial score (nSPS) is 15.2. The van der Waals surface area contributed by atoms with Gasteiger partial charge in [-0.15, -0.1) is 13.2 Å². The van der Waals surface area contributed by atoms with Gasteiger partial charge in [-0.2, -0.15) is 0 Å². The number of benzene rings is 1. The lowest BCUT2D eigenvalue weighted by atomic mass is 10.1. The average molecular weight is 662 g/mol. The molecule has 2 rings (SSSR count). The van der Waals surface area contributed by atoms with Crippen LogP contribution in [0.25, 0.3) is 0 Å². The summed E-state index contributed by atoms with van der Waals surface area (Å²) in [5.41, 5.74) is 1.49. The Balaban J connectivity index is 0. The van der Waals surface area contributed by atoms with Gasteiger partial charge in [0.1, 0.15) is 5.76 Å². The summed E-state index contributed by atoms with van der Waals surface area (Å²) in [5.74, 6) is -0.0937. The maximum atomic E-state index is 13.1. The zero-order chi connectivity index (χ0) is 35.7. The van der Waals surface area contributed by atoms with E-state index >= 15 is 0 Å². The Kier molecular flexibility index (Phi) is 24.5. The zero-order valence-electron chi connectivity index (χ0n) is 29.6. The summed E-state index contributed by atoms with van der Waals surface area (Å²) in [6, 6.07) is 4.86. The minimum absolute atomic E-state index is 0.0466. The fourth-order valence-corrected chi connectivity index (χ4v) is 6.14. The third kappa shape index (κ3) is 16.5. The van der Waals surface area contributed by atoms with E-state index in [1.54, 1.807) is 12.0 Å². The molecule has 1 atom stereocenters. The number of ether oxygens (including phenoxy) is 1. The molecule has 0 radical (unpaired) electrons. The lowest BCUT2D eigenvalue weighted by Gasteiger charge is -2.25. The van der Waals surface area contributed by atoms with Gasteiger partial charge in [-0.3, -0.25) is 4.79 Å². The van der Waals surface area contributed by atoms with Crippen LogP contribution in [0, 0.1) is 0 Å². The van der Waals surface area contributed by atoms with E-state index in [4.69, 9.17) is 4.74 Å². The van der Waals surface area contributed by atoms with Crippen LogP contribution in [-0.2, 0) is 19.4 Å². The maximum Gasteiger partial charge on any atom is 0.335 e. The summed E-state index contributed by atoms with van der Waals surface area (Å²) in [4.78, 5) is 26.0. The molecule has 1 aromatic carbocycles. The number of hydrogen-bond donors (Lipinski definition) is 3. The highest BCUT2D eigenvalue weighted by atomic mass is 32.2. The number of sulfone groups is 1. The molecule has 0 spiro atoms. The van der Waals surface area contributed by atoms with Gasteiger partial charge in [0.2, 0.25) is 5.91 Å². The van der Waals surface area contributed by atoms with Gasteiger partial charge in [0.05, 0.1) is 34.8 Å². The second-order valence-corrected chi connectivity index (χ2v) is 12.1. The number of likely N-dealkylation sites (tertiary alicyclic amines) is 1. The number of carboxylic acid groups (broad SMARTS) is 1. The van der Waals surface area contributed by atoms with E-state index in [1.165, 1.54) is 18.2 Å². The van der Waals surface area contributed by atoms with Crippen LogP contribution in [0.3, 0.4) is 0 Å². The van der Waals surface area contributed by atoms with Crippen molar-refractivity contribution in [3.8, 4) is 0 Å². The van der Waals surface area contributed by atoms with Gasteiger partial charge in [0.15, 0.2) is 9.84 Å². The first-order chi connectivity index (χ1) is 21.9. The van der Waals surface area contributed by atoms with Crippen molar-refractivity contribution in [3.05, 3.63) is 90.1 Å². The monoisotopic (exact) mass is 661 g/mol. The number of carbonyl (C=O) groups is 2. The molecule has 1 amide bonds. The van der Waals surface area contributed by atoms with Crippen LogP contribution in [0.4, 0.5) is 0 Å². The topological polar surface area (TPSA) is 125 Å². The molecule has 10 heteroatoms. The molecule has 1 aliphatic heterocycles. The Hall–Kier alpha value is -3.79. The number of allylic oxidation sites excluding steroid dienone is 5. The maximum absolute atomic E-state index is 13.1. The molecule has 0 aliphatic carbocycles. The predicted molar refractivity (Wildman–Crippen MR) is 191 cm³/mol. The minimum atomic E-state index is -3.77. The van der Waals surface area contributed by atoms with Gasteiger partial charge in [-0.25, -0.2) is 13.2 Å². The van der Waals surface area contributed by atoms with E-state index in [9.17, 15) is 23.1 Å². The first kappa shape index (κ1) is 44.3. The molecule has 0 saturated carbocycles. The second-order valence-electron chi connectivity index (χ2n) is 10.0. The summed E-state index contributed by atoms with van der Waals surface area (Å²) in [6.07, 6.45) is 11.5. The summed E-state index contributed by atoms with van der Waals surface area (Å²) in [6.45, 7) is 23.2. The molecule has 1 saturated heterocycles. The fraction of sp³-hybridized carbons (Fsp3) is 0.500. The van der Waals surface area contributed by atoms with E-state index in [0.717, 1.165) is 42.5 Å². The highest BCUT2D eigenvalue weighted by Crippen LogP contribution is 2.24. The molecule has 1 aliphatic rings. The Labute approximate surface area is 279 Å². The Morgan fingerprint density at radius 1 is 1.13 bits per heavy atom. The third-order valence-electron chi connectivity index (χ3n) is 6.52. The molecule has 46 heavy (non-hydrogen) atoms. The number of aromatic carboxylic acids is 1. The second kappa shape index (κ2) is 25.4. The first-order valence-electron chi connectivity index (χ1n) is 16.0. The number of rotatable bonds is 14. The third-order valence-corrected chi connectivity index (χ3v) is 8.31. The molecular formula is C36H59N3O6S. The van der Waals surface area contributed by atoms with Crippen LogP contribution in [-0.4, -0.2) is 62.3 Å². The fourth-order valence-electron chi connectivity index (χ4n) is 4.51. The quantitative estimate of drug-likeness (QED) is 0.106. The standard InChI is InChI=1S/C27H39N3O6S.C5H10.C2H6.C2H4/c1-6-10-25(28-7-2)29-20(4)24(36-5)15-19(3)16-26(31)30-14-9-12-22(30)18-37(34,35)23-13-8-11-21(17-23)27(32)33;1-3-5-4-2;2*1-2/h8,10-11,13,15,17,22,28-29H,6-7,9,12,14,16,18H2,1-5H3,(H,32,33);3,5H,4H2,1-2H3;1-2H3;1-2H2/b19-15+,24-20-,25-10+;5-3-;;. The van der Waals surface area contributed by atoms with Gasteiger partial charge in [-0.05, 0) is 83.7 Å².